The maximum absolute atomic E-state index is 12.3. The minimum Gasteiger partial charge on any atom is -0.369 e. The number of rotatable bonds is 3. The van der Waals surface area contributed by atoms with Crippen molar-refractivity contribution in [1.29, 1.82) is 0 Å². The van der Waals surface area contributed by atoms with Gasteiger partial charge in [-0.2, -0.15) is 13.2 Å². The Labute approximate surface area is 119 Å². The molecule has 0 aliphatic carbocycles. The van der Waals surface area contributed by atoms with Gasteiger partial charge in [0.2, 0.25) is 0 Å². The van der Waals surface area contributed by atoms with E-state index in [-0.39, 0.29) is 13.1 Å². The van der Waals surface area contributed by atoms with Gasteiger partial charge in [0.1, 0.15) is 5.82 Å². The predicted octanol–water partition coefficient (Wildman–Crippen LogP) is 1.12. The molecule has 9 heteroatoms. The number of anilines is 2. The molecule has 21 heavy (non-hydrogen) atoms. The zero-order chi connectivity index (χ0) is 15.5. The number of piperazine rings is 1. The molecule has 0 atom stereocenters. The molecule has 0 saturated carbocycles. The zero-order valence-corrected chi connectivity index (χ0v) is 11.5. The van der Waals surface area contributed by atoms with Crippen LogP contribution in [0.3, 0.4) is 0 Å². The quantitative estimate of drug-likeness (QED) is 0.906. The van der Waals surface area contributed by atoms with E-state index in [1.54, 1.807) is 12.1 Å². The van der Waals surface area contributed by atoms with Crippen LogP contribution in [0.25, 0.3) is 0 Å². The van der Waals surface area contributed by atoms with Crippen molar-refractivity contribution < 1.29 is 18.0 Å². The van der Waals surface area contributed by atoms with Gasteiger partial charge in [0.05, 0.1) is 0 Å². The van der Waals surface area contributed by atoms with Crippen LogP contribution in [0.4, 0.5) is 24.8 Å². The summed E-state index contributed by atoms with van der Waals surface area (Å²) >= 11 is 0. The Morgan fingerprint density at radius 3 is 2.38 bits per heavy atom. The van der Waals surface area contributed by atoms with Crippen LogP contribution in [0.15, 0.2) is 12.1 Å². The van der Waals surface area contributed by atoms with Gasteiger partial charge in [-0.25, -0.2) is 0 Å². The summed E-state index contributed by atoms with van der Waals surface area (Å²) in [7, 11) is 0. The van der Waals surface area contributed by atoms with Crippen LogP contribution in [0.1, 0.15) is 6.92 Å². The number of aromatic nitrogens is 2. The summed E-state index contributed by atoms with van der Waals surface area (Å²) in [4.78, 5) is 13.8. The Hall–Kier alpha value is -2.06. The summed E-state index contributed by atoms with van der Waals surface area (Å²) in [6.45, 7) is 3.32. The van der Waals surface area contributed by atoms with E-state index in [0.717, 1.165) is 11.4 Å². The molecule has 0 radical (unpaired) electrons. The van der Waals surface area contributed by atoms with Crippen molar-refractivity contribution in [2.24, 2.45) is 0 Å². The lowest BCUT2D eigenvalue weighted by molar-refractivity contribution is -0.185. The lowest BCUT2D eigenvalue weighted by Gasteiger charge is -2.35. The van der Waals surface area contributed by atoms with Crippen molar-refractivity contribution in [1.82, 2.24) is 15.1 Å². The molecule has 2 heterocycles. The van der Waals surface area contributed by atoms with E-state index in [2.05, 4.69) is 15.5 Å². The van der Waals surface area contributed by atoms with E-state index in [4.69, 9.17) is 0 Å². The lowest BCUT2D eigenvalue weighted by atomic mass is 10.3. The summed E-state index contributed by atoms with van der Waals surface area (Å²) in [5, 5.41) is 11.0. The first-order chi connectivity index (χ1) is 9.91. The highest BCUT2D eigenvalue weighted by Crippen LogP contribution is 2.21. The van der Waals surface area contributed by atoms with Crippen molar-refractivity contribution in [2.75, 3.05) is 42.9 Å². The maximum Gasteiger partial charge on any atom is 0.471 e. The van der Waals surface area contributed by atoms with E-state index in [0.29, 0.717) is 24.7 Å². The fraction of sp³-hybridized carbons (Fsp3) is 0.583. The molecule has 6 nitrogen and oxygen atoms in total. The van der Waals surface area contributed by atoms with Crippen LogP contribution in [-0.2, 0) is 4.79 Å². The van der Waals surface area contributed by atoms with Gasteiger partial charge in [0, 0.05) is 32.7 Å². The highest BCUT2D eigenvalue weighted by Gasteiger charge is 2.43. The Morgan fingerprint density at radius 2 is 1.90 bits per heavy atom. The molecule has 2 rings (SSSR count). The number of hydrogen-bond acceptors (Lipinski definition) is 5. The van der Waals surface area contributed by atoms with E-state index >= 15 is 0 Å². The van der Waals surface area contributed by atoms with Gasteiger partial charge >= 0.3 is 12.1 Å². The number of amides is 1. The first kappa shape index (κ1) is 15.3. The SMILES string of the molecule is CCNc1ccc(N2CCN(C(=O)C(F)(F)F)CC2)nn1. The molecule has 1 saturated heterocycles. The Bertz CT molecular complexity index is 483. The molecule has 0 bridgehead atoms. The minimum absolute atomic E-state index is 0.0228. The van der Waals surface area contributed by atoms with E-state index < -0.39 is 12.1 Å². The smallest absolute Gasteiger partial charge is 0.369 e. The number of halogens is 3. The highest BCUT2D eigenvalue weighted by atomic mass is 19.4. The number of carbonyl (C=O) groups is 1. The fourth-order valence-corrected chi connectivity index (χ4v) is 2.09. The molecular weight excluding hydrogens is 287 g/mol. The molecule has 1 aliphatic heterocycles. The second-order valence-electron chi connectivity index (χ2n) is 4.58. The minimum atomic E-state index is -4.81. The second-order valence-corrected chi connectivity index (χ2v) is 4.58. The summed E-state index contributed by atoms with van der Waals surface area (Å²) in [6.07, 6.45) is -4.81. The molecule has 0 unspecified atom stereocenters. The molecule has 1 aromatic rings. The molecule has 0 aromatic carbocycles. The zero-order valence-electron chi connectivity index (χ0n) is 11.5. The summed E-state index contributed by atoms with van der Waals surface area (Å²) < 4.78 is 37.0. The van der Waals surface area contributed by atoms with E-state index in [1.807, 2.05) is 11.8 Å². The first-order valence-electron chi connectivity index (χ1n) is 6.60. The summed E-state index contributed by atoms with van der Waals surface area (Å²) in [6, 6.07) is 3.52. The maximum atomic E-state index is 12.3. The number of nitrogens with one attached hydrogen (secondary N) is 1. The molecule has 0 spiro atoms. The largest absolute Gasteiger partial charge is 0.471 e. The van der Waals surface area contributed by atoms with Crippen LogP contribution in [0.5, 0.6) is 0 Å². The molecular formula is C12H16F3N5O. The van der Waals surface area contributed by atoms with Crippen LogP contribution in [0, 0.1) is 0 Å². The molecule has 116 valence electrons. The van der Waals surface area contributed by atoms with Gasteiger partial charge in [0.15, 0.2) is 5.82 Å². The van der Waals surface area contributed by atoms with Crippen LogP contribution < -0.4 is 10.2 Å². The van der Waals surface area contributed by atoms with Gasteiger partial charge < -0.3 is 15.1 Å². The third-order valence-electron chi connectivity index (χ3n) is 3.14. The van der Waals surface area contributed by atoms with Crippen LogP contribution >= 0.6 is 0 Å². The second kappa shape index (κ2) is 6.15. The van der Waals surface area contributed by atoms with Crippen molar-refractivity contribution >= 4 is 17.5 Å². The van der Waals surface area contributed by atoms with Crippen LogP contribution in [0.2, 0.25) is 0 Å². The van der Waals surface area contributed by atoms with Gasteiger partial charge in [-0.05, 0) is 19.1 Å². The first-order valence-corrected chi connectivity index (χ1v) is 6.60. The number of nitrogens with zero attached hydrogens (tertiary/aromatic N) is 4. The third-order valence-corrected chi connectivity index (χ3v) is 3.14. The summed E-state index contributed by atoms with van der Waals surface area (Å²) in [5.41, 5.74) is 0. The Kier molecular flexibility index (Phi) is 4.49. The van der Waals surface area contributed by atoms with Crippen LogP contribution in [-0.4, -0.2) is 59.9 Å². The molecule has 1 amide bonds. The highest BCUT2D eigenvalue weighted by molar-refractivity contribution is 5.82. The molecule has 1 aliphatic rings. The van der Waals surface area contributed by atoms with Gasteiger partial charge in [-0.3, -0.25) is 4.79 Å². The van der Waals surface area contributed by atoms with E-state index in [1.165, 1.54) is 0 Å². The number of carbonyl (C=O) groups excluding carboxylic acids is 1. The normalized spacial score (nSPS) is 16.0. The monoisotopic (exact) mass is 303 g/mol. The predicted molar refractivity (Wildman–Crippen MR) is 71.0 cm³/mol. The topological polar surface area (TPSA) is 61.4 Å². The van der Waals surface area contributed by atoms with Gasteiger partial charge in [0.25, 0.3) is 0 Å². The summed E-state index contributed by atoms with van der Waals surface area (Å²) in [5.74, 6) is -0.543. The molecule has 1 fully saturated rings. The van der Waals surface area contributed by atoms with Crippen molar-refractivity contribution in [3.05, 3.63) is 12.1 Å². The van der Waals surface area contributed by atoms with E-state index in [9.17, 15) is 18.0 Å². The third kappa shape index (κ3) is 3.73. The van der Waals surface area contributed by atoms with Gasteiger partial charge in [-0.15, -0.1) is 10.2 Å². The standard InChI is InChI=1S/C12H16F3N5O/c1-2-16-9-3-4-10(18-17-9)19-5-7-20(8-6-19)11(21)12(13,14)15/h3-4H,2,5-8H2,1H3,(H,16,17). The molecule has 1 aromatic heterocycles. The Balaban J connectivity index is 1.93. The Morgan fingerprint density at radius 1 is 1.24 bits per heavy atom. The fourth-order valence-electron chi connectivity index (χ4n) is 2.09. The average molecular weight is 303 g/mol. The number of hydrogen-bond donors (Lipinski definition) is 1. The molecule has 1 N–H and O–H groups in total. The van der Waals surface area contributed by atoms with Crippen molar-refractivity contribution in [3.63, 3.8) is 0 Å². The van der Waals surface area contributed by atoms with Crippen molar-refractivity contribution in [2.45, 2.75) is 13.1 Å². The lowest BCUT2D eigenvalue weighted by Crippen LogP contribution is -2.52. The van der Waals surface area contributed by atoms with Crippen molar-refractivity contribution in [3.8, 4) is 0 Å². The van der Waals surface area contributed by atoms with Gasteiger partial charge in [-0.1, -0.05) is 0 Å². The average Bonchev–Trinajstić information content (AvgIpc) is 2.47. The number of alkyl halides is 3.